The van der Waals surface area contributed by atoms with Gasteiger partial charge in [-0.05, 0) is 75.7 Å². The van der Waals surface area contributed by atoms with Gasteiger partial charge in [-0.2, -0.15) is 13.2 Å². The molecule has 2 aromatic heterocycles. The number of aryl methyl sites for hydroxylation is 1. The van der Waals surface area contributed by atoms with Crippen LogP contribution in [0.5, 0.6) is 0 Å². The molecule has 9 heteroatoms. The van der Waals surface area contributed by atoms with E-state index < -0.39 is 23.9 Å². The Bertz CT molecular complexity index is 972. The Morgan fingerprint density at radius 1 is 1.22 bits per heavy atom. The van der Waals surface area contributed by atoms with Crippen LogP contribution in [-0.4, -0.2) is 29.2 Å². The lowest BCUT2D eigenvalue weighted by Crippen LogP contribution is -2.26. The fraction of sp³-hybridized carbons (Fsp3) is 0.522. The predicted molar refractivity (Wildman–Crippen MR) is 114 cm³/mol. The standard InChI is InChI=1S/C23H27F3N4O2/c1-2-19-20-17(8-11-28-21(20)30-22(31)32-19)18-13-15(23(24,25)26)12-16(29-18)6-5-14-4-3-9-27-10-7-14/h8,11-14,19,27H,2-7,9-10H2,1H3,(H,28,30,31). The normalized spacial score (nSPS) is 21.3. The lowest BCUT2D eigenvalue weighted by atomic mass is 9.93. The fourth-order valence-corrected chi connectivity index (χ4v) is 4.47. The maximum atomic E-state index is 13.7. The van der Waals surface area contributed by atoms with Gasteiger partial charge >= 0.3 is 12.3 Å². The van der Waals surface area contributed by atoms with Crippen LogP contribution in [0.25, 0.3) is 11.3 Å². The summed E-state index contributed by atoms with van der Waals surface area (Å²) < 4.78 is 46.5. The molecule has 0 bridgehead atoms. The van der Waals surface area contributed by atoms with Gasteiger partial charge in [0.1, 0.15) is 11.9 Å². The highest BCUT2D eigenvalue weighted by Gasteiger charge is 2.34. The summed E-state index contributed by atoms with van der Waals surface area (Å²) in [5.41, 5.74) is 0.968. The molecule has 0 aromatic carbocycles. The SMILES string of the molecule is CCC1OC(=O)Nc2nccc(-c3cc(C(F)(F)F)cc(CCC4CCCNCC4)n3)c21. The zero-order chi connectivity index (χ0) is 22.7. The van der Waals surface area contributed by atoms with Crippen molar-refractivity contribution in [2.45, 2.75) is 57.7 Å². The third-order valence-electron chi connectivity index (χ3n) is 6.14. The summed E-state index contributed by atoms with van der Waals surface area (Å²) in [4.78, 5) is 20.6. The Kier molecular flexibility index (Phi) is 6.64. The molecule has 2 atom stereocenters. The van der Waals surface area contributed by atoms with Gasteiger partial charge in [0.05, 0.1) is 11.3 Å². The molecule has 1 saturated heterocycles. The highest BCUT2D eigenvalue weighted by molar-refractivity contribution is 5.89. The quantitative estimate of drug-likeness (QED) is 0.632. The maximum Gasteiger partial charge on any atom is 0.416 e. The van der Waals surface area contributed by atoms with Gasteiger partial charge in [0.15, 0.2) is 0 Å². The number of anilines is 1. The Morgan fingerprint density at radius 3 is 2.84 bits per heavy atom. The highest BCUT2D eigenvalue weighted by Crippen LogP contribution is 2.40. The first-order chi connectivity index (χ1) is 15.3. The number of halogens is 3. The number of hydrogen-bond acceptors (Lipinski definition) is 5. The number of nitrogens with zero attached hydrogens (tertiary/aromatic N) is 2. The van der Waals surface area contributed by atoms with Gasteiger partial charge in [-0.3, -0.25) is 10.3 Å². The topological polar surface area (TPSA) is 76.1 Å². The molecule has 32 heavy (non-hydrogen) atoms. The molecule has 0 spiro atoms. The summed E-state index contributed by atoms with van der Waals surface area (Å²) >= 11 is 0. The van der Waals surface area contributed by atoms with Crippen LogP contribution >= 0.6 is 0 Å². The molecule has 0 saturated carbocycles. The number of cyclic esters (lactones) is 1. The molecule has 1 fully saturated rings. The fourth-order valence-electron chi connectivity index (χ4n) is 4.47. The van der Waals surface area contributed by atoms with Gasteiger partial charge in [-0.1, -0.05) is 6.92 Å². The summed E-state index contributed by atoms with van der Waals surface area (Å²) in [6, 6.07) is 3.85. The van der Waals surface area contributed by atoms with Crippen molar-refractivity contribution < 1.29 is 22.7 Å². The molecule has 1 amide bonds. The third-order valence-corrected chi connectivity index (χ3v) is 6.14. The van der Waals surface area contributed by atoms with E-state index in [4.69, 9.17) is 4.74 Å². The van der Waals surface area contributed by atoms with Crippen molar-refractivity contribution in [3.63, 3.8) is 0 Å². The minimum absolute atomic E-state index is 0.217. The van der Waals surface area contributed by atoms with E-state index in [-0.39, 0.29) is 5.69 Å². The molecule has 4 heterocycles. The van der Waals surface area contributed by atoms with Gasteiger partial charge < -0.3 is 10.1 Å². The van der Waals surface area contributed by atoms with E-state index in [1.807, 2.05) is 6.92 Å². The number of fused-ring (bicyclic) bond motifs is 1. The summed E-state index contributed by atoms with van der Waals surface area (Å²) in [6.45, 7) is 3.78. The number of amides is 1. The molecule has 2 aliphatic rings. The molecule has 4 rings (SSSR count). The lowest BCUT2D eigenvalue weighted by molar-refractivity contribution is -0.137. The Labute approximate surface area is 185 Å². The molecule has 2 aliphatic heterocycles. The number of pyridine rings is 2. The van der Waals surface area contributed by atoms with Crippen LogP contribution in [0, 0.1) is 5.92 Å². The Hall–Kier alpha value is -2.68. The van der Waals surface area contributed by atoms with E-state index in [0.717, 1.165) is 50.9 Å². The summed E-state index contributed by atoms with van der Waals surface area (Å²) in [7, 11) is 0. The van der Waals surface area contributed by atoms with Crippen LogP contribution in [-0.2, 0) is 17.3 Å². The maximum absolute atomic E-state index is 13.7. The van der Waals surface area contributed by atoms with E-state index >= 15 is 0 Å². The van der Waals surface area contributed by atoms with E-state index in [0.29, 0.717) is 41.4 Å². The molecular weight excluding hydrogens is 421 g/mol. The Balaban J connectivity index is 1.70. The van der Waals surface area contributed by atoms with Crippen molar-refractivity contribution in [1.82, 2.24) is 15.3 Å². The van der Waals surface area contributed by atoms with Crippen LogP contribution in [0.3, 0.4) is 0 Å². The average molecular weight is 448 g/mol. The van der Waals surface area contributed by atoms with Crippen molar-refractivity contribution in [3.8, 4) is 11.3 Å². The molecular formula is C23H27F3N4O2. The second-order valence-electron chi connectivity index (χ2n) is 8.36. The van der Waals surface area contributed by atoms with Gasteiger partial charge in [-0.25, -0.2) is 9.78 Å². The first kappa shape index (κ1) is 22.5. The van der Waals surface area contributed by atoms with Crippen LogP contribution in [0.1, 0.15) is 62.0 Å². The van der Waals surface area contributed by atoms with E-state index in [1.165, 1.54) is 6.20 Å². The van der Waals surface area contributed by atoms with Crippen molar-refractivity contribution in [2.24, 2.45) is 5.92 Å². The van der Waals surface area contributed by atoms with Gasteiger partial charge in [0, 0.05) is 23.0 Å². The predicted octanol–water partition coefficient (Wildman–Crippen LogP) is 5.50. The lowest BCUT2D eigenvalue weighted by Gasteiger charge is -2.26. The monoisotopic (exact) mass is 448 g/mol. The van der Waals surface area contributed by atoms with Crippen LogP contribution in [0.2, 0.25) is 0 Å². The summed E-state index contributed by atoms with van der Waals surface area (Å²) in [6.07, 6.45) is 0.711. The number of alkyl halides is 3. The molecule has 0 radical (unpaired) electrons. The molecule has 6 nitrogen and oxygen atoms in total. The van der Waals surface area contributed by atoms with Crippen molar-refractivity contribution in [3.05, 3.63) is 41.2 Å². The van der Waals surface area contributed by atoms with E-state index in [2.05, 4.69) is 20.6 Å². The smallest absolute Gasteiger partial charge is 0.416 e. The summed E-state index contributed by atoms with van der Waals surface area (Å²) in [5.74, 6) is 0.781. The minimum Gasteiger partial charge on any atom is -0.441 e. The van der Waals surface area contributed by atoms with Crippen LogP contribution < -0.4 is 10.6 Å². The molecule has 0 aliphatic carbocycles. The second kappa shape index (κ2) is 9.44. The number of carbonyl (C=O) groups excluding carboxylic acids is 1. The van der Waals surface area contributed by atoms with Crippen molar-refractivity contribution in [2.75, 3.05) is 18.4 Å². The zero-order valence-electron chi connectivity index (χ0n) is 18.0. The molecule has 2 aromatic rings. The van der Waals surface area contributed by atoms with Crippen LogP contribution in [0.4, 0.5) is 23.8 Å². The Morgan fingerprint density at radius 2 is 2.06 bits per heavy atom. The van der Waals surface area contributed by atoms with E-state index in [9.17, 15) is 18.0 Å². The number of aromatic nitrogens is 2. The number of nitrogens with one attached hydrogen (secondary N) is 2. The van der Waals surface area contributed by atoms with E-state index in [1.54, 1.807) is 6.07 Å². The number of carbonyl (C=O) groups is 1. The zero-order valence-corrected chi connectivity index (χ0v) is 18.0. The molecule has 172 valence electrons. The largest absolute Gasteiger partial charge is 0.441 e. The summed E-state index contributed by atoms with van der Waals surface area (Å²) in [5, 5.41) is 5.90. The second-order valence-corrected chi connectivity index (χ2v) is 8.36. The first-order valence-electron chi connectivity index (χ1n) is 11.1. The van der Waals surface area contributed by atoms with Crippen molar-refractivity contribution in [1.29, 1.82) is 0 Å². The van der Waals surface area contributed by atoms with Crippen molar-refractivity contribution >= 4 is 11.9 Å². The average Bonchev–Trinajstić information content (AvgIpc) is 3.04. The van der Waals surface area contributed by atoms with Gasteiger partial charge in [-0.15, -0.1) is 0 Å². The third kappa shape index (κ3) is 5.03. The number of rotatable bonds is 5. The van der Waals surface area contributed by atoms with Crippen LogP contribution in [0.15, 0.2) is 24.4 Å². The van der Waals surface area contributed by atoms with Gasteiger partial charge in [0.25, 0.3) is 0 Å². The van der Waals surface area contributed by atoms with Gasteiger partial charge in [0.2, 0.25) is 0 Å². The number of hydrogen-bond donors (Lipinski definition) is 2. The molecule has 2 unspecified atom stereocenters. The highest BCUT2D eigenvalue weighted by atomic mass is 19.4. The number of ether oxygens (including phenoxy) is 1. The first-order valence-corrected chi connectivity index (χ1v) is 11.1. The molecule has 2 N–H and O–H groups in total. The minimum atomic E-state index is -4.49.